The molecule has 32 heavy (non-hydrogen) atoms. The molecule has 2 heterocycles. The largest absolute Gasteiger partial charge is 0.283 e. The summed E-state index contributed by atoms with van der Waals surface area (Å²) in [7, 11) is -4.05. The van der Waals surface area contributed by atoms with E-state index < -0.39 is 15.9 Å². The molecule has 1 fully saturated rings. The van der Waals surface area contributed by atoms with Crippen molar-refractivity contribution in [3.8, 4) is 17.2 Å². The molecule has 2 aliphatic carbocycles. The number of nitrogens with one attached hydrogen (secondary N) is 1. The zero-order valence-electron chi connectivity index (χ0n) is 17.3. The van der Waals surface area contributed by atoms with Crippen molar-refractivity contribution >= 4 is 15.9 Å². The van der Waals surface area contributed by atoms with Crippen LogP contribution in [0, 0.1) is 11.3 Å². The number of hydrogen-bond donors (Lipinski definition) is 1. The van der Waals surface area contributed by atoms with Crippen molar-refractivity contribution in [3.63, 3.8) is 0 Å². The number of hydrogen-bond acceptors (Lipinski definition) is 6. The van der Waals surface area contributed by atoms with Crippen molar-refractivity contribution in [1.82, 2.24) is 19.5 Å². The standard InChI is InChI=1S/C23H21N5O3S/c24-14-17-12-16(8-10-25-17)20-7-4-15-2-1-3-19(15)21(20)13-22(29)27-32(30,31)23-9-11-28(26-23)18-5-6-18/h4,7-12,18H,1-3,5-6,13H2,(H,27,29). The smallest absolute Gasteiger partial charge is 0.274 e. The minimum Gasteiger partial charge on any atom is -0.274 e. The summed E-state index contributed by atoms with van der Waals surface area (Å²) in [5.74, 6) is -0.609. The van der Waals surface area contributed by atoms with Crippen molar-refractivity contribution in [1.29, 1.82) is 5.26 Å². The lowest BCUT2D eigenvalue weighted by atomic mass is 9.91. The van der Waals surface area contributed by atoms with Crippen LogP contribution in [-0.2, 0) is 34.1 Å². The molecule has 0 aliphatic heterocycles. The molecule has 162 valence electrons. The third-order valence-electron chi connectivity index (χ3n) is 5.95. The summed E-state index contributed by atoms with van der Waals surface area (Å²) < 4.78 is 29.2. The number of amides is 1. The zero-order chi connectivity index (χ0) is 22.3. The van der Waals surface area contributed by atoms with Gasteiger partial charge in [0, 0.05) is 12.4 Å². The van der Waals surface area contributed by atoms with Crippen LogP contribution in [0.15, 0.2) is 47.8 Å². The van der Waals surface area contributed by atoms with Crippen molar-refractivity contribution in [2.24, 2.45) is 0 Å². The maximum atomic E-state index is 12.9. The van der Waals surface area contributed by atoms with Gasteiger partial charge in [0.05, 0.1) is 12.5 Å². The van der Waals surface area contributed by atoms with E-state index in [1.54, 1.807) is 29.2 Å². The maximum Gasteiger partial charge on any atom is 0.283 e. The van der Waals surface area contributed by atoms with Crippen LogP contribution in [0.25, 0.3) is 11.1 Å². The quantitative estimate of drug-likeness (QED) is 0.621. The van der Waals surface area contributed by atoms with Gasteiger partial charge in [-0.3, -0.25) is 9.48 Å². The molecule has 0 atom stereocenters. The van der Waals surface area contributed by atoms with E-state index in [4.69, 9.17) is 0 Å². The van der Waals surface area contributed by atoms with E-state index in [2.05, 4.69) is 14.8 Å². The van der Waals surface area contributed by atoms with Crippen LogP contribution in [0.4, 0.5) is 0 Å². The normalized spacial score (nSPS) is 15.2. The second kappa shape index (κ2) is 7.88. The van der Waals surface area contributed by atoms with Crippen molar-refractivity contribution in [3.05, 3.63) is 65.1 Å². The molecular formula is C23H21N5O3S. The number of carbonyl (C=O) groups is 1. The fraction of sp³-hybridized carbons (Fsp3) is 0.304. The summed E-state index contributed by atoms with van der Waals surface area (Å²) in [5, 5.41) is 13.2. The predicted octanol–water partition coefficient (Wildman–Crippen LogP) is 2.69. The number of carbonyl (C=O) groups excluding carboxylic acids is 1. The van der Waals surface area contributed by atoms with Gasteiger partial charge in [0.25, 0.3) is 10.0 Å². The lowest BCUT2D eigenvalue weighted by Crippen LogP contribution is -2.32. The van der Waals surface area contributed by atoms with Gasteiger partial charge >= 0.3 is 0 Å². The molecule has 5 rings (SSSR count). The summed E-state index contributed by atoms with van der Waals surface area (Å²) >= 11 is 0. The Balaban J connectivity index is 1.44. The third kappa shape index (κ3) is 3.89. The first-order valence-corrected chi connectivity index (χ1v) is 12.0. The van der Waals surface area contributed by atoms with Gasteiger partial charge in [-0.15, -0.1) is 0 Å². The Labute approximate surface area is 186 Å². The van der Waals surface area contributed by atoms with Crippen LogP contribution in [0.1, 0.15) is 47.7 Å². The molecule has 1 amide bonds. The van der Waals surface area contributed by atoms with Gasteiger partial charge in [-0.1, -0.05) is 12.1 Å². The molecule has 1 N–H and O–H groups in total. The number of aryl methyl sites for hydroxylation is 1. The molecule has 9 heteroatoms. The number of sulfonamides is 1. The average Bonchev–Trinajstić information content (AvgIpc) is 3.29. The Morgan fingerprint density at radius 2 is 2.06 bits per heavy atom. The van der Waals surface area contributed by atoms with Crippen LogP contribution < -0.4 is 4.72 Å². The maximum absolute atomic E-state index is 12.9. The number of fused-ring (bicyclic) bond motifs is 1. The summed E-state index contributed by atoms with van der Waals surface area (Å²) in [4.78, 5) is 16.9. The average molecular weight is 448 g/mol. The summed E-state index contributed by atoms with van der Waals surface area (Å²) in [6.45, 7) is 0. The SMILES string of the molecule is N#Cc1cc(-c2ccc3c(c2CC(=O)NS(=O)(=O)c2ccn(C4CC4)n2)CCC3)ccn1. The van der Waals surface area contributed by atoms with E-state index in [0.717, 1.165) is 54.4 Å². The fourth-order valence-corrected chi connectivity index (χ4v) is 5.20. The number of nitrogens with zero attached hydrogens (tertiary/aromatic N) is 4. The molecule has 0 spiro atoms. The molecule has 0 saturated heterocycles. The second-order valence-corrected chi connectivity index (χ2v) is 9.82. The second-order valence-electron chi connectivity index (χ2n) is 8.20. The first-order chi connectivity index (χ1) is 15.4. The van der Waals surface area contributed by atoms with E-state index in [1.807, 2.05) is 18.2 Å². The lowest BCUT2D eigenvalue weighted by molar-refractivity contribution is -0.118. The molecular weight excluding hydrogens is 426 g/mol. The number of nitriles is 1. The van der Waals surface area contributed by atoms with Gasteiger partial charge in [0.1, 0.15) is 11.8 Å². The van der Waals surface area contributed by atoms with Gasteiger partial charge < -0.3 is 0 Å². The Morgan fingerprint density at radius 3 is 2.84 bits per heavy atom. The minimum atomic E-state index is -4.05. The highest BCUT2D eigenvalue weighted by molar-refractivity contribution is 7.90. The Morgan fingerprint density at radius 1 is 1.22 bits per heavy atom. The Kier molecular flexibility index (Phi) is 5.02. The van der Waals surface area contributed by atoms with Gasteiger partial charge in [0.15, 0.2) is 5.03 Å². The van der Waals surface area contributed by atoms with Crippen LogP contribution in [0.2, 0.25) is 0 Å². The van der Waals surface area contributed by atoms with Crippen LogP contribution in [0.3, 0.4) is 0 Å². The topological polar surface area (TPSA) is 118 Å². The van der Waals surface area contributed by atoms with E-state index in [0.29, 0.717) is 0 Å². The molecule has 8 nitrogen and oxygen atoms in total. The van der Waals surface area contributed by atoms with Gasteiger partial charge in [-0.25, -0.2) is 9.71 Å². The lowest BCUT2D eigenvalue weighted by Gasteiger charge is -2.15. The highest BCUT2D eigenvalue weighted by Crippen LogP contribution is 2.35. The van der Waals surface area contributed by atoms with Crippen molar-refractivity contribution < 1.29 is 13.2 Å². The summed E-state index contributed by atoms with van der Waals surface area (Å²) in [5.41, 5.74) is 4.94. The fourth-order valence-electron chi connectivity index (χ4n) is 4.28. The molecule has 2 aliphatic rings. The Hall–Kier alpha value is -3.51. The highest BCUT2D eigenvalue weighted by atomic mass is 32.2. The van der Waals surface area contributed by atoms with E-state index in [-0.39, 0.29) is 23.2 Å². The Bertz CT molecular complexity index is 1370. The van der Waals surface area contributed by atoms with E-state index in [9.17, 15) is 18.5 Å². The number of pyridine rings is 1. The van der Waals surface area contributed by atoms with E-state index >= 15 is 0 Å². The van der Waals surface area contributed by atoms with Gasteiger partial charge in [-0.05, 0) is 78.1 Å². The predicted molar refractivity (Wildman–Crippen MR) is 116 cm³/mol. The summed E-state index contributed by atoms with van der Waals surface area (Å²) in [6, 6.07) is 11.2. The molecule has 1 aromatic carbocycles. The summed E-state index contributed by atoms with van der Waals surface area (Å²) in [6.07, 6.45) is 7.84. The van der Waals surface area contributed by atoms with Crippen LogP contribution >= 0.6 is 0 Å². The van der Waals surface area contributed by atoms with Gasteiger partial charge in [0.2, 0.25) is 5.91 Å². The number of rotatable bonds is 6. The third-order valence-corrected chi connectivity index (χ3v) is 7.22. The first kappa shape index (κ1) is 20.4. The number of benzene rings is 1. The number of aromatic nitrogens is 3. The van der Waals surface area contributed by atoms with Crippen molar-refractivity contribution in [2.45, 2.75) is 49.6 Å². The van der Waals surface area contributed by atoms with Crippen molar-refractivity contribution in [2.75, 3.05) is 0 Å². The molecule has 0 bridgehead atoms. The van der Waals surface area contributed by atoms with Gasteiger partial charge in [-0.2, -0.15) is 18.8 Å². The molecule has 0 unspecified atom stereocenters. The van der Waals surface area contributed by atoms with Crippen LogP contribution in [0.5, 0.6) is 0 Å². The van der Waals surface area contributed by atoms with E-state index in [1.165, 1.54) is 11.6 Å². The molecule has 1 saturated carbocycles. The monoisotopic (exact) mass is 447 g/mol. The molecule has 0 radical (unpaired) electrons. The minimum absolute atomic E-state index is 0.0781. The first-order valence-electron chi connectivity index (χ1n) is 10.6. The van der Waals surface area contributed by atoms with Crippen LogP contribution in [-0.4, -0.2) is 29.1 Å². The zero-order valence-corrected chi connectivity index (χ0v) is 18.1. The molecule has 3 aromatic rings. The molecule has 2 aromatic heterocycles. The highest BCUT2D eigenvalue weighted by Gasteiger charge is 2.28.